The first-order valence-corrected chi connectivity index (χ1v) is 12.5. The molecule has 0 fully saturated rings. The first-order valence-electron chi connectivity index (χ1n) is 8.03. The van der Waals surface area contributed by atoms with Gasteiger partial charge < -0.3 is 0 Å². The fraction of sp³-hybridized carbons (Fsp3) is 0.556. The molecule has 3 heteroatoms. The molecule has 0 amide bonds. The molecule has 0 saturated heterocycles. The maximum absolute atomic E-state index is 2.39. The zero-order valence-electron chi connectivity index (χ0n) is 14.5. The first-order chi connectivity index (χ1) is 9.94. The topological polar surface area (TPSA) is 0 Å². The van der Waals surface area contributed by atoms with E-state index >= 15 is 0 Å². The molecule has 0 spiro atoms. The highest BCUT2D eigenvalue weighted by atomic mass is 32.1. The van der Waals surface area contributed by atoms with Crippen molar-refractivity contribution in [2.45, 2.75) is 65.7 Å². The molecule has 118 valence electrons. The van der Waals surface area contributed by atoms with Crippen LogP contribution in [0.15, 0.2) is 24.3 Å². The third-order valence-corrected chi connectivity index (χ3v) is 12.3. The predicted molar refractivity (Wildman–Crippen MR) is 104 cm³/mol. The highest BCUT2D eigenvalue weighted by Crippen LogP contribution is 2.28. The van der Waals surface area contributed by atoms with E-state index in [-0.39, 0.29) is 0 Å². The molecule has 0 nitrogen and oxygen atoms in total. The molecule has 0 saturated carbocycles. The average molecular weight is 339 g/mol. The van der Waals surface area contributed by atoms with Crippen molar-refractivity contribution in [1.29, 1.82) is 0 Å². The predicted octanol–water partition coefficient (Wildman–Crippen LogP) is 7.01. The third-order valence-electron chi connectivity index (χ3n) is 4.47. The van der Waals surface area contributed by atoms with Crippen molar-refractivity contribution in [2.75, 3.05) is 0 Å². The summed E-state index contributed by atoms with van der Waals surface area (Å²) in [5.41, 5.74) is 0. The lowest BCUT2D eigenvalue weighted by Gasteiger charge is -2.27. The molecule has 0 bridgehead atoms. The number of hydrogen-bond donors (Lipinski definition) is 0. The highest BCUT2D eigenvalue weighted by molar-refractivity contribution is 7.12. The molecule has 0 unspecified atom stereocenters. The van der Waals surface area contributed by atoms with Gasteiger partial charge in [-0.2, -0.15) is 0 Å². The Hall–Kier alpha value is -0.383. The molecule has 0 aliphatic carbocycles. The molecule has 21 heavy (non-hydrogen) atoms. The van der Waals surface area contributed by atoms with Crippen LogP contribution in [0.2, 0.25) is 18.1 Å². The largest absolute Gasteiger partial charge is 0.146 e. The van der Waals surface area contributed by atoms with E-state index in [9.17, 15) is 0 Å². The Balaban J connectivity index is 0.000000262. The Morgan fingerprint density at radius 2 is 1.14 bits per heavy atom. The van der Waals surface area contributed by atoms with Crippen molar-refractivity contribution in [3.63, 3.8) is 0 Å². The van der Waals surface area contributed by atoms with Gasteiger partial charge in [0.2, 0.25) is 0 Å². The minimum atomic E-state index is -0.934. The summed E-state index contributed by atoms with van der Waals surface area (Å²) < 4.78 is 0. The van der Waals surface area contributed by atoms with E-state index in [4.69, 9.17) is 0 Å². The van der Waals surface area contributed by atoms with Gasteiger partial charge in [-0.25, -0.2) is 0 Å². The van der Waals surface area contributed by atoms with Crippen molar-refractivity contribution in [3.05, 3.63) is 43.8 Å². The van der Waals surface area contributed by atoms with E-state index in [0.717, 1.165) is 0 Å². The molecule has 2 rings (SSSR count). The zero-order chi connectivity index (χ0) is 15.9. The first kappa shape index (κ1) is 18.7. The van der Waals surface area contributed by atoms with Gasteiger partial charge in [-0.05, 0) is 51.1 Å². The molecule has 0 N–H and O–H groups in total. The highest BCUT2D eigenvalue weighted by Gasteiger charge is 2.27. The molecule has 0 aromatic carbocycles. The lowest BCUT2D eigenvalue weighted by atomic mass is 10.5. The summed E-state index contributed by atoms with van der Waals surface area (Å²) in [7, 11) is -0.934. The van der Waals surface area contributed by atoms with E-state index in [0.29, 0.717) is 0 Å². The van der Waals surface area contributed by atoms with Gasteiger partial charge in [0, 0.05) is 19.5 Å². The van der Waals surface area contributed by atoms with Crippen LogP contribution in [0, 0.1) is 20.8 Å². The second kappa shape index (κ2) is 8.91. The monoisotopic (exact) mass is 338 g/mol. The van der Waals surface area contributed by atoms with Gasteiger partial charge in [-0.15, -0.1) is 22.7 Å². The Bertz CT molecular complexity index is 496. The van der Waals surface area contributed by atoms with Crippen LogP contribution in [0.1, 0.15) is 40.3 Å². The molecule has 0 atom stereocenters. The van der Waals surface area contributed by atoms with Crippen molar-refractivity contribution >= 4 is 30.7 Å². The summed E-state index contributed by atoms with van der Waals surface area (Å²) in [4.78, 5) is 5.89. The summed E-state index contributed by atoms with van der Waals surface area (Å²) >= 11 is 3.84. The fourth-order valence-electron chi connectivity index (χ4n) is 2.63. The molecule has 0 radical (unpaired) electrons. The second-order valence-corrected chi connectivity index (χ2v) is 14.2. The van der Waals surface area contributed by atoms with Crippen LogP contribution in [0.5, 0.6) is 0 Å². The second-order valence-electron chi connectivity index (χ2n) is 5.91. The average Bonchev–Trinajstić information content (AvgIpc) is 3.05. The van der Waals surface area contributed by atoms with Gasteiger partial charge in [0.25, 0.3) is 0 Å². The van der Waals surface area contributed by atoms with Crippen LogP contribution in [0.25, 0.3) is 0 Å². The smallest absolute Gasteiger partial charge is 0.0580 e. The minimum absolute atomic E-state index is 0.934. The summed E-state index contributed by atoms with van der Waals surface area (Å²) in [6, 6.07) is 14.6. The summed E-state index contributed by atoms with van der Waals surface area (Å²) in [5, 5.41) is 0. The number of rotatable bonds is 5. The lowest BCUT2D eigenvalue weighted by molar-refractivity contribution is 1.11. The molecule has 2 aromatic heterocycles. The van der Waals surface area contributed by atoms with Crippen LogP contribution in [0.4, 0.5) is 0 Å². The van der Waals surface area contributed by atoms with E-state index in [1.54, 1.807) is 4.88 Å². The Morgan fingerprint density at radius 3 is 1.43 bits per heavy atom. The van der Waals surface area contributed by atoms with Crippen LogP contribution in [-0.4, -0.2) is 8.07 Å². The number of thiophene rings is 2. The Morgan fingerprint density at radius 1 is 0.714 bits per heavy atom. The Labute approximate surface area is 140 Å². The lowest BCUT2D eigenvalue weighted by Crippen LogP contribution is -2.34. The van der Waals surface area contributed by atoms with E-state index in [2.05, 4.69) is 65.8 Å². The molecule has 2 heterocycles. The number of hydrogen-bond acceptors (Lipinski definition) is 2. The van der Waals surface area contributed by atoms with Gasteiger partial charge in [0.1, 0.15) is 0 Å². The van der Waals surface area contributed by atoms with Gasteiger partial charge >= 0.3 is 0 Å². The Kier molecular flexibility index (Phi) is 7.92. The van der Waals surface area contributed by atoms with Crippen molar-refractivity contribution in [2.24, 2.45) is 0 Å². The van der Waals surface area contributed by atoms with Crippen LogP contribution in [0.3, 0.4) is 0 Å². The van der Waals surface area contributed by atoms with Gasteiger partial charge in [-0.3, -0.25) is 0 Å². The quantitative estimate of drug-likeness (QED) is 0.514. The summed E-state index contributed by atoms with van der Waals surface area (Å²) in [6.45, 7) is 13.6. The molecular weight excluding hydrogens is 308 g/mol. The normalized spacial score (nSPS) is 11.1. The molecule has 0 aliphatic rings. The molecule has 0 aliphatic heterocycles. The van der Waals surface area contributed by atoms with Crippen LogP contribution >= 0.6 is 22.7 Å². The zero-order valence-corrected chi connectivity index (χ0v) is 17.1. The van der Waals surface area contributed by atoms with E-state index in [1.807, 2.05) is 22.7 Å². The fourth-order valence-corrected chi connectivity index (χ4v) is 8.41. The van der Waals surface area contributed by atoms with Gasteiger partial charge in [-0.1, -0.05) is 38.9 Å². The van der Waals surface area contributed by atoms with Crippen LogP contribution < -0.4 is 0 Å². The molecular formula is C18H30S2Si. The summed E-state index contributed by atoms with van der Waals surface area (Å²) in [5.74, 6) is 0. The van der Waals surface area contributed by atoms with Crippen molar-refractivity contribution < 1.29 is 0 Å². The molecule has 2 aromatic rings. The van der Waals surface area contributed by atoms with Gasteiger partial charge in [0.15, 0.2) is 0 Å². The van der Waals surface area contributed by atoms with E-state index < -0.39 is 8.07 Å². The van der Waals surface area contributed by atoms with Crippen LogP contribution in [-0.2, 0) is 6.04 Å². The van der Waals surface area contributed by atoms with E-state index in [1.165, 1.54) is 38.8 Å². The minimum Gasteiger partial charge on any atom is -0.146 e. The number of aryl methyl sites for hydroxylation is 3. The third kappa shape index (κ3) is 6.09. The maximum atomic E-state index is 2.39. The van der Waals surface area contributed by atoms with Crippen molar-refractivity contribution in [1.82, 2.24) is 0 Å². The maximum Gasteiger partial charge on any atom is 0.0580 e. The van der Waals surface area contributed by atoms with Crippen molar-refractivity contribution in [3.8, 4) is 0 Å². The summed E-state index contributed by atoms with van der Waals surface area (Å²) in [6.07, 6.45) is 0. The SMILES string of the molecule is CC[Si](CC)(CC)Cc1ccc(C)s1.Cc1ccc(C)s1. The standard InChI is InChI=1S/C12H22SSi.C6H8S/c1-5-14(6-2,7-3)10-12-9-8-11(4)13-12;1-5-3-4-6(2)7-5/h8-9H,5-7,10H2,1-4H3;3-4H,1-2H3. The van der Waals surface area contributed by atoms with Gasteiger partial charge in [0.05, 0.1) is 8.07 Å².